The number of nitrogens with zero attached hydrogens (tertiary/aromatic N) is 1. The molecule has 0 spiro atoms. The van der Waals surface area contributed by atoms with Crippen molar-refractivity contribution in [1.82, 2.24) is 4.31 Å². The molecule has 2 N–H and O–H groups in total. The van der Waals surface area contributed by atoms with Crippen LogP contribution in [0, 0.1) is 18.7 Å². The average Bonchev–Trinajstić information content (AvgIpc) is 2.36. The summed E-state index contributed by atoms with van der Waals surface area (Å²) in [4.78, 5) is 0.0276. The Morgan fingerprint density at radius 1 is 1.40 bits per heavy atom. The van der Waals surface area contributed by atoms with E-state index in [4.69, 9.17) is 5.73 Å². The Bertz CT molecular complexity index is 597. The Morgan fingerprint density at radius 3 is 2.55 bits per heavy atom. The van der Waals surface area contributed by atoms with Gasteiger partial charge < -0.3 is 5.73 Å². The van der Waals surface area contributed by atoms with E-state index in [1.54, 1.807) is 7.05 Å². The molecule has 0 unspecified atom stereocenters. The molecule has 20 heavy (non-hydrogen) atoms. The SMILES string of the molecule is Cc1c(F)cc(CN)cc1S(=O)(=O)N(C)CC1CCC1. The lowest BCUT2D eigenvalue weighted by atomic mass is 9.86. The molecule has 1 aromatic rings. The highest BCUT2D eigenvalue weighted by atomic mass is 32.2. The largest absolute Gasteiger partial charge is 0.326 e. The van der Waals surface area contributed by atoms with Gasteiger partial charge in [-0.05, 0) is 43.4 Å². The maximum Gasteiger partial charge on any atom is 0.243 e. The number of benzene rings is 1. The van der Waals surface area contributed by atoms with E-state index in [-0.39, 0.29) is 17.0 Å². The van der Waals surface area contributed by atoms with Crippen LogP contribution in [0.3, 0.4) is 0 Å². The minimum absolute atomic E-state index is 0.0276. The quantitative estimate of drug-likeness (QED) is 0.905. The van der Waals surface area contributed by atoms with E-state index in [2.05, 4.69) is 0 Å². The molecule has 112 valence electrons. The first-order valence-corrected chi connectivity index (χ1v) is 8.25. The van der Waals surface area contributed by atoms with Gasteiger partial charge in [-0.2, -0.15) is 0 Å². The van der Waals surface area contributed by atoms with Gasteiger partial charge in [-0.1, -0.05) is 6.42 Å². The summed E-state index contributed by atoms with van der Waals surface area (Å²) in [7, 11) is -2.10. The molecule has 1 aliphatic carbocycles. The molecule has 0 amide bonds. The molecule has 0 saturated heterocycles. The number of nitrogens with two attached hydrogens (primary N) is 1. The van der Waals surface area contributed by atoms with E-state index in [0.717, 1.165) is 19.3 Å². The zero-order valence-corrected chi connectivity index (χ0v) is 12.7. The lowest BCUT2D eigenvalue weighted by Crippen LogP contribution is -2.34. The molecule has 1 saturated carbocycles. The fourth-order valence-electron chi connectivity index (χ4n) is 2.40. The van der Waals surface area contributed by atoms with Crippen molar-refractivity contribution >= 4 is 10.0 Å². The highest BCUT2D eigenvalue weighted by molar-refractivity contribution is 7.89. The summed E-state index contributed by atoms with van der Waals surface area (Å²) >= 11 is 0. The Morgan fingerprint density at radius 2 is 2.05 bits per heavy atom. The number of rotatable bonds is 5. The summed E-state index contributed by atoms with van der Waals surface area (Å²) in [5.41, 5.74) is 6.14. The van der Waals surface area contributed by atoms with E-state index >= 15 is 0 Å². The molecule has 0 aliphatic heterocycles. The Hall–Kier alpha value is -0.980. The van der Waals surface area contributed by atoms with Crippen LogP contribution >= 0.6 is 0 Å². The molecular formula is C14H21FN2O2S. The van der Waals surface area contributed by atoms with Crippen LogP contribution in [0.2, 0.25) is 0 Å². The van der Waals surface area contributed by atoms with Gasteiger partial charge in [0.25, 0.3) is 0 Å². The third-order valence-electron chi connectivity index (χ3n) is 4.02. The molecule has 0 bridgehead atoms. The first kappa shape index (κ1) is 15.4. The smallest absolute Gasteiger partial charge is 0.243 e. The molecule has 0 atom stereocenters. The highest BCUT2D eigenvalue weighted by Gasteiger charge is 2.28. The van der Waals surface area contributed by atoms with Gasteiger partial charge in [-0.15, -0.1) is 0 Å². The normalized spacial score (nSPS) is 16.4. The highest BCUT2D eigenvalue weighted by Crippen LogP contribution is 2.29. The summed E-state index contributed by atoms with van der Waals surface area (Å²) in [5.74, 6) is -0.0961. The van der Waals surface area contributed by atoms with E-state index in [1.165, 1.54) is 23.4 Å². The summed E-state index contributed by atoms with van der Waals surface area (Å²) in [6.07, 6.45) is 3.29. The average molecular weight is 300 g/mol. The van der Waals surface area contributed by atoms with Crippen LogP contribution < -0.4 is 5.73 Å². The third-order valence-corrected chi connectivity index (χ3v) is 5.97. The Labute approximate surface area is 119 Å². The van der Waals surface area contributed by atoms with Crippen molar-refractivity contribution in [2.75, 3.05) is 13.6 Å². The van der Waals surface area contributed by atoms with Crippen LogP contribution in [-0.4, -0.2) is 26.3 Å². The predicted molar refractivity (Wildman–Crippen MR) is 76.2 cm³/mol. The van der Waals surface area contributed by atoms with Crippen LogP contribution in [0.15, 0.2) is 17.0 Å². The number of hydrogen-bond donors (Lipinski definition) is 1. The van der Waals surface area contributed by atoms with Crippen LogP contribution in [0.1, 0.15) is 30.4 Å². The molecule has 0 radical (unpaired) electrons. The van der Waals surface area contributed by atoms with Crippen molar-refractivity contribution in [3.63, 3.8) is 0 Å². The van der Waals surface area contributed by atoms with Crippen LogP contribution in [0.5, 0.6) is 0 Å². The third kappa shape index (κ3) is 2.87. The summed E-state index contributed by atoms with van der Waals surface area (Å²) < 4.78 is 40.3. The van der Waals surface area contributed by atoms with Crippen molar-refractivity contribution < 1.29 is 12.8 Å². The van der Waals surface area contributed by atoms with Crippen LogP contribution in [-0.2, 0) is 16.6 Å². The van der Waals surface area contributed by atoms with Gasteiger partial charge in [0.1, 0.15) is 5.82 Å². The van der Waals surface area contributed by atoms with E-state index in [0.29, 0.717) is 18.0 Å². The first-order chi connectivity index (χ1) is 9.36. The molecule has 1 aromatic carbocycles. The van der Waals surface area contributed by atoms with Crippen LogP contribution in [0.25, 0.3) is 0 Å². The monoisotopic (exact) mass is 300 g/mol. The van der Waals surface area contributed by atoms with E-state index in [9.17, 15) is 12.8 Å². The number of halogens is 1. The van der Waals surface area contributed by atoms with E-state index < -0.39 is 15.8 Å². The Kier molecular flexibility index (Phi) is 4.46. The predicted octanol–water partition coefficient (Wildman–Crippen LogP) is 2.01. The zero-order valence-electron chi connectivity index (χ0n) is 11.9. The first-order valence-electron chi connectivity index (χ1n) is 6.81. The molecule has 4 nitrogen and oxygen atoms in total. The second-order valence-corrected chi connectivity index (χ2v) is 7.50. The minimum Gasteiger partial charge on any atom is -0.326 e. The van der Waals surface area contributed by atoms with Crippen molar-refractivity contribution in [1.29, 1.82) is 0 Å². The zero-order chi connectivity index (χ0) is 14.9. The summed E-state index contributed by atoms with van der Waals surface area (Å²) in [5, 5.41) is 0. The fourth-order valence-corrected chi connectivity index (χ4v) is 3.93. The van der Waals surface area contributed by atoms with Gasteiger partial charge in [-0.25, -0.2) is 17.1 Å². The van der Waals surface area contributed by atoms with Crippen molar-refractivity contribution in [2.45, 2.75) is 37.6 Å². The van der Waals surface area contributed by atoms with Crippen molar-refractivity contribution in [2.24, 2.45) is 11.7 Å². The molecular weight excluding hydrogens is 279 g/mol. The number of hydrogen-bond acceptors (Lipinski definition) is 3. The molecule has 1 fully saturated rings. The van der Waals surface area contributed by atoms with E-state index in [1.807, 2.05) is 0 Å². The maximum absolute atomic E-state index is 13.8. The lowest BCUT2D eigenvalue weighted by Gasteiger charge is -2.30. The van der Waals surface area contributed by atoms with Crippen molar-refractivity contribution in [3.05, 3.63) is 29.1 Å². The Balaban J connectivity index is 2.34. The van der Waals surface area contributed by atoms with Gasteiger partial charge in [0, 0.05) is 25.7 Å². The molecule has 0 heterocycles. The second kappa shape index (κ2) is 5.79. The van der Waals surface area contributed by atoms with Gasteiger partial charge in [0.2, 0.25) is 10.0 Å². The van der Waals surface area contributed by atoms with Gasteiger partial charge >= 0.3 is 0 Å². The lowest BCUT2D eigenvalue weighted by molar-refractivity contribution is 0.263. The molecule has 0 aromatic heterocycles. The van der Waals surface area contributed by atoms with Gasteiger partial charge in [-0.3, -0.25) is 0 Å². The fraction of sp³-hybridized carbons (Fsp3) is 0.571. The molecule has 1 aliphatic rings. The standard InChI is InChI=1S/C14H21FN2O2S/c1-10-13(15)6-12(8-16)7-14(10)20(18,19)17(2)9-11-4-3-5-11/h6-7,11H,3-5,8-9,16H2,1-2H3. The van der Waals surface area contributed by atoms with Gasteiger partial charge in [0.15, 0.2) is 0 Å². The van der Waals surface area contributed by atoms with Crippen LogP contribution in [0.4, 0.5) is 4.39 Å². The topological polar surface area (TPSA) is 63.4 Å². The maximum atomic E-state index is 13.8. The van der Waals surface area contributed by atoms with Crippen molar-refractivity contribution in [3.8, 4) is 0 Å². The molecule has 6 heteroatoms. The summed E-state index contributed by atoms with van der Waals surface area (Å²) in [6, 6.07) is 2.77. The second-order valence-electron chi connectivity index (χ2n) is 5.49. The van der Waals surface area contributed by atoms with Gasteiger partial charge in [0.05, 0.1) is 4.90 Å². The minimum atomic E-state index is -3.66. The number of sulfonamides is 1. The summed E-state index contributed by atoms with van der Waals surface area (Å²) in [6.45, 7) is 2.10. The molecule has 2 rings (SSSR count).